The Bertz CT molecular complexity index is 593. The Hall–Kier alpha value is -1.50. The lowest BCUT2D eigenvalue weighted by molar-refractivity contribution is -0.385. The average Bonchev–Trinajstić information content (AvgIpc) is 2.63. The highest BCUT2D eigenvalue weighted by Gasteiger charge is 2.27. The largest absolute Gasteiger partial charge is 0.381 e. The summed E-state index contributed by atoms with van der Waals surface area (Å²) in [5, 5.41) is 11.1. The highest BCUT2D eigenvalue weighted by atomic mass is 16.6. The third-order valence-electron chi connectivity index (χ3n) is 5.50. The molecule has 0 amide bonds. The van der Waals surface area contributed by atoms with Crippen molar-refractivity contribution >= 4 is 5.69 Å². The first-order chi connectivity index (χ1) is 12.0. The second-order valence-electron chi connectivity index (χ2n) is 7.16. The molecule has 138 valence electrons. The highest BCUT2D eigenvalue weighted by molar-refractivity contribution is 5.40. The number of ether oxygens (including phenoxy) is 2. The smallest absolute Gasteiger partial charge is 0.269 e. The van der Waals surface area contributed by atoms with Crippen LogP contribution in [0.4, 0.5) is 5.69 Å². The molecule has 1 atom stereocenters. The fraction of sp³-hybridized carbons (Fsp3) is 0.684. The Morgan fingerprint density at radius 1 is 1.20 bits per heavy atom. The molecule has 3 rings (SSSR count). The lowest BCUT2D eigenvalue weighted by Gasteiger charge is -2.38. The van der Waals surface area contributed by atoms with Gasteiger partial charge in [-0.2, -0.15) is 0 Å². The SMILES string of the molecule is Cc1ccc([N+](=O)[O-])cc1[C@@H](C)N1CCC(OC2CCOCC2)CC1. The first-order valence-corrected chi connectivity index (χ1v) is 9.27. The molecule has 0 aliphatic carbocycles. The summed E-state index contributed by atoms with van der Waals surface area (Å²) in [7, 11) is 0. The summed E-state index contributed by atoms with van der Waals surface area (Å²) in [5.41, 5.74) is 2.34. The van der Waals surface area contributed by atoms with Crippen molar-refractivity contribution in [2.45, 2.75) is 57.8 Å². The maximum absolute atomic E-state index is 11.1. The molecule has 2 fully saturated rings. The summed E-state index contributed by atoms with van der Waals surface area (Å²) in [6.07, 6.45) is 4.73. The van der Waals surface area contributed by atoms with Crippen LogP contribution in [-0.2, 0) is 9.47 Å². The van der Waals surface area contributed by atoms with Gasteiger partial charge in [-0.15, -0.1) is 0 Å². The van der Waals surface area contributed by atoms with Gasteiger partial charge in [-0.25, -0.2) is 0 Å². The van der Waals surface area contributed by atoms with Crippen LogP contribution < -0.4 is 0 Å². The minimum atomic E-state index is -0.316. The number of benzene rings is 1. The van der Waals surface area contributed by atoms with Crippen LogP contribution in [0.5, 0.6) is 0 Å². The van der Waals surface area contributed by atoms with Gasteiger partial charge in [0.25, 0.3) is 5.69 Å². The molecule has 0 radical (unpaired) electrons. The molecule has 0 bridgehead atoms. The number of rotatable bonds is 5. The van der Waals surface area contributed by atoms with E-state index in [0.717, 1.165) is 63.1 Å². The predicted octanol–water partition coefficient (Wildman–Crippen LogP) is 3.62. The van der Waals surface area contributed by atoms with Gasteiger partial charge in [0.1, 0.15) is 0 Å². The van der Waals surface area contributed by atoms with E-state index in [9.17, 15) is 10.1 Å². The molecular weight excluding hydrogens is 320 g/mol. The Balaban J connectivity index is 1.57. The van der Waals surface area contributed by atoms with E-state index in [-0.39, 0.29) is 16.7 Å². The van der Waals surface area contributed by atoms with Gasteiger partial charge in [-0.1, -0.05) is 6.07 Å². The second kappa shape index (κ2) is 8.25. The maximum Gasteiger partial charge on any atom is 0.269 e. The fourth-order valence-electron chi connectivity index (χ4n) is 3.87. The second-order valence-corrected chi connectivity index (χ2v) is 7.16. The third-order valence-corrected chi connectivity index (χ3v) is 5.50. The summed E-state index contributed by atoms with van der Waals surface area (Å²) in [5.74, 6) is 0. The molecule has 25 heavy (non-hydrogen) atoms. The van der Waals surface area contributed by atoms with E-state index in [0.29, 0.717) is 12.2 Å². The minimum absolute atomic E-state index is 0.171. The monoisotopic (exact) mass is 348 g/mol. The number of nitrogens with zero attached hydrogens (tertiary/aromatic N) is 2. The number of hydrogen-bond donors (Lipinski definition) is 0. The minimum Gasteiger partial charge on any atom is -0.381 e. The van der Waals surface area contributed by atoms with Crippen LogP contribution in [0.1, 0.15) is 49.8 Å². The van der Waals surface area contributed by atoms with Gasteiger partial charge in [0.05, 0.1) is 17.1 Å². The van der Waals surface area contributed by atoms with Crippen LogP contribution in [-0.4, -0.2) is 48.3 Å². The highest BCUT2D eigenvalue weighted by Crippen LogP contribution is 2.30. The van der Waals surface area contributed by atoms with Crippen molar-refractivity contribution in [1.82, 2.24) is 4.90 Å². The zero-order valence-corrected chi connectivity index (χ0v) is 15.1. The van der Waals surface area contributed by atoms with Gasteiger partial charge in [-0.3, -0.25) is 15.0 Å². The molecule has 0 N–H and O–H groups in total. The van der Waals surface area contributed by atoms with Gasteiger partial charge >= 0.3 is 0 Å². The van der Waals surface area contributed by atoms with Crippen molar-refractivity contribution in [3.05, 3.63) is 39.4 Å². The molecular formula is C19H28N2O4. The first-order valence-electron chi connectivity index (χ1n) is 9.27. The first kappa shape index (κ1) is 18.3. The Labute approximate surface area is 149 Å². The number of piperidine rings is 1. The quantitative estimate of drug-likeness (QED) is 0.600. The van der Waals surface area contributed by atoms with E-state index >= 15 is 0 Å². The molecule has 1 aromatic carbocycles. The summed E-state index contributed by atoms with van der Waals surface area (Å²) in [4.78, 5) is 13.2. The van der Waals surface area contributed by atoms with Crippen molar-refractivity contribution in [2.24, 2.45) is 0 Å². The number of non-ortho nitro benzene ring substituents is 1. The normalized spacial score (nSPS) is 22.0. The summed E-state index contributed by atoms with van der Waals surface area (Å²) < 4.78 is 11.6. The van der Waals surface area contributed by atoms with Crippen molar-refractivity contribution < 1.29 is 14.4 Å². The fourth-order valence-corrected chi connectivity index (χ4v) is 3.87. The maximum atomic E-state index is 11.1. The summed E-state index contributed by atoms with van der Waals surface area (Å²) in [6.45, 7) is 7.73. The number of nitro groups is 1. The van der Waals surface area contributed by atoms with E-state index in [1.807, 2.05) is 13.0 Å². The Morgan fingerprint density at radius 2 is 1.84 bits per heavy atom. The van der Waals surface area contributed by atoms with Gasteiger partial charge in [0, 0.05) is 44.5 Å². The average molecular weight is 348 g/mol. The zero-order chi connectivity index (χ0) is 17.8. The van der Waals surface area contributed by atoms with Crippen LogP contribution in [0.2, 0.25) is 0 Å². The predicted molar refractivity (Wildman–Crippen MR) is 95.8 cm³/mol. The van der Waals surface area contributed by atoms with Crippen molar-refractivity contribution in [3.8, 4) is 0 Å². The molecule has 0 unspecified atom stereocenters. The molecule has 2 aliphatic rings. The third kappa shape index (κ3) is 4.57. The lowest BCUT2D eigenvalue weighted by Crippen LogP contribution is -2.40. The van der Waals surface area contributed by atoms with Crippen molar-refractivity contribution in [2.75, 3.05) is 26.3 Å². The number of aryl methyl sites for hydroxylation is 1. The van der Waals surface area contributed by atoms with E-state index in [1.54, 1.807) is 12.1 Å². The molecule has 6 nitrogen and oxygen atoms in total. The molecule has 0 saturated carbocycles. The molecule has 2 aliphatic heterocycles. The molecule has 0 aromatic heterocycles. The van der Waals surface area contributed by atoms with Gasteiger partial charge in [0.2, 0.25) is 0 Å². The zero-order valence-electron chi connectivity index (χ0n) is 15.1. The van der Waals surface area contributed by atoms with E-state index in [4.69, 9.17) is 9.47 Å². The van der Waals surface area contributed by atoms with Gasteiger partial charge in [0.15, 0.2) is 0 Å². The van der Waals surface area contributed by atoms with Crippen LogP contribution in [0.3, 0.4) is 0 Å². The number of nitro benzene ring substituents is 1. The Kier molecular flexibility index (Phi) is 6.04. The molecule has 6 heteroatoms. The lowest BCUT2D eigenvalue weighted by atomic mass is 9.97. The van der Waals surface area contributed by atoms with Crippen molar-refractivity contribution in [1.29, 1.82) is 0 Å². The number of likely N-dealkylation sites (tertiary alicyclic amines) is 1. The van der Waals surface area contributed by atoms with E-state index < -0.39 is 0 Å². The molecule has 2 saturated heterocycles. The number of hydrogen-bond acceptors (Lipinski definition) is 5. The van der Waals surface area contributed by atoms with Gasteiger partial charge in [-0.05, 0) is 50.7 Å². The summed E-state index contributed by atoms with van der Waals surface area (Å²) in [6, 6.07) is 5.35. The van der Waals surface area contributed by atoms with E-state index in [2.05, 4.69) is 11.8 Å². The summed E-state index contributed by atoms with van der Waals surface area (Å²) >= 11 is 0. The Morgan fingerprint density at radius 3 is 2.48 bits per heavy atom. The van der Waals surface area contributed by atoms with Crippen LogP contribution in [0.15, 0.2) is 18.2 Å². The molecule has 2 heterocycles. The van der Waals surface area contributed by atoms with Crippen molar-refractivity contribution in [3.63, 3.8) is 0 Å². The standard InChI is InChI=1S/C19H28N2O4/c1-14-3-4-16(21(22)23)13-19(14)15(2)20-9-5-17(6-10-20)25-18-7-11-24-12-8-18/h3-4,13,15,17-18H,5-12H2,1-2H3/t15-/m1/s1. The van der Waals surface area contributed by atoms with Crippen LogP contribution >= 0.6 is 0 Å². The van der Waals surface area contributed by atoms with Crippen LogP contribution in [0.25, 0.3) is 0 Å². The topological polar surface area (TPSA) is 64.8 Å². The molecule has 0 spiro atoms. The van der Waals surface area contributed by atoms with Crippen LogP contribution in [0, 0.1) is 17.0 Å². The van der Waals surface area contributed by atoms with E-state index in [1.165, 1.54) is 0 Å². The van der Waals surface area contributed by atoms with Gasteiger partial charge < -0.3 is 9.47 Å². The molecule has 1 aromatic rings.